The summed E-state index contributed by atoms with van der Waals surface area (Å²) in [4.78, 5) is 32.7. The van der Waals surface area contributed by atoms with E-state index in [1.807, 2.05) is 18.2 Å². The van der Waals surface area contributed by atoms with E-state index in [1.54, 1.807) is 52.8 Å². The zero-order valence-corrected chi connectivity index (χ0v) is 24.2. The average Bonchev–Trinajstić information content (AvgIpc) is 3.61. The fourth-order valence-electron chi connectivity index (χ4n) is 5.56. The third kappa shape index (κ3) is 4.99. The minimum Gasteiger partial charge on any atom is -0.593 e. The minimum absolute atomic E-state index is 0.0417. The number of hydrogen-bond acceptors (Lipinski definition) is 7. The molecule has 2 amide bonds. The largest absolute Gasteiger partial charge is 0.593 e. The van der Waals surface area contributed by atoms with Gasteiger partial charge in [0.1, 0.15) is 28.9 Å². The van der Waals surface area contributed by atoms with Gasteiger partial charge in [-0.1, -0.05) is 12.1 Å². The van der Waals surface area contributed by atoms with Gasteiger partial charge < -0.3 is 23.6 Å². The summed E-state index contributed by atoms with van der Waals surface area (Å²) in [6.07, 6.45) is 3.10. The van der Waals surface area contributed by atoms with Gasteiger partial charge in [-0.05, 0) is 60.9 Å². The number of furan rings is 1. The van der Waals surface area contributed by atoms with Gasteiger partial charge in [-0.25, -0.2) is 9.37 Å². The molecular formula is C31H29FN4O5S. The predicted octanol–water partition coefficient (Wildman–Crippen LogP) is 5.49. The molecule has 2 atom stereocenters. The maximum Gasteiger partial charge on any atom is 0.309 e. The summed E-state index contributed by atoms with van der Waals surface area (Å²) >= 11 is -1.36. The van der Waals surface area contributed by atoms with Crippen LogP contribution in [-0.2, 0) is 11.4 Å². The third-order valence-corrected chi connectivity index (χ3v) is 8.72. The van der Waals surface area contributed by atoms with E-state index in [1.165, 1.54) is 19.2 Å². The van der Waals surface area contributed by atoms with Crippen LogP contribution in [0.2, 0.25) is 0 Å². The fraction of sp³-hybridized carbons (Fsp3) is 0.258. The number of nitrogens with one attached hydrogen (secondary N) is 1. The maximum absolute atomic E-state index is 13.7. The summed E-state index contributed by atoms with van der Waals surface area (Å²) in [6, 6.07) is 16.7. The van der Waals surface area contributed by atoms with Gasteiger partial charge in [0.05, 0.1) is 29.7 Å². The van der Waals surface area contributed by atoms with Crippen molar-refractivity contribution in [1.29, 1.82) is 0 Å². The number of para-hydroxylation sites is 2. The van der Waals surface area contributed by atoms with Crippen molar-refractivity contribution in [1.82, 2.24) is 15.2 Å². The molecule has 5 aromatic rings. The first-order valence-electron chi connectivity index (χ1n) is 13.6. The van der Waals surface area contributed by atoms with E-state index in [2.05, 4.69) is 10.3 Å². The van der Waals surface area contributed by atoms with E-state index in [-0.39, 0.29) is 23.6 Å². The highest BCUT2D eigenvalue weighted by Crippen LogP contribution is 2.42. The van der Waals surface area contributed by atoms with Crippen LogP contribution in [0, 0.1) is 5.82 Å². The molecule has 2 unspecified atom stereocenters. The molecule has 0 radical (unpaired) electrons. The molecule has 1 fully saturated rings. The van der Waals surface area contributed by atoms with Crippen LogP contribution in [0.25, 0.3) is 33.4 Å². The Bertz CT molecular complexity index is 1770. The third-order valence-electron chi connectivity index (χ3n) is 7.75. The van der Waals surface area contributed by atoms with Crippen LogP contribution in [0.15, 0.2) is 69.5 Å². The molecule has 0 aliphatic carbocycles. The zero-order valence-electron chi connectivity index (χ0n) is 23.3. The molecule has 1 N–H and O–H groups in total. The van der Waals surface area contributed by atoms with Crippen molar-refractivity contribution in [2.45, 2.75) is 18.8 Å². The highest BCUT2D eigenvalue weighted by atomic mass is 32.2. The number of carbonyl (C=O) groups is 2. The number of halogens is 1. The van der Waals surface area contributed by atoms with Crippen molar-refractivity contribution < 1.29 is 27.4 Å². The number of hydrogen-bond donors (Lipinski definition) is 1. The van der Waals surface area contributed by atoms with E-state index in [4.69, 9.17) is 8.83 Å². The Hall–Kier alpha value is -4.35. The molecule has 3 heterocycles. The van der Waals surface area contributed by atoms with Crippen LogP contribution in [0.1, 0.15) is 45.4 Å². The molecular weight excluding hydrogens is 559 g/mol. The van der Waals surface area contributed by atoms with E-state index in [0.717, 1.165) is 18.4 Å². The molecule has 1 aliphatic rings. The summed E-state index contributed by atoms with van der Waals surface area (Å²) in [6.45, 7) is 0.934. The number of aromatic nitrogens is 1. The Balaban J connectivity index is 1.44. The van der Waals surface area contributed by atoms with Gasteiger partial charge in [0.15, 0.2) is 5.58 Å². The molecule has 2 aromatic heterocycles. The minimum atomic E-state index is -1.36. The van der Waals surface area contributed by atoms with Gasteiger partial charge in [-0.2, -0.15) is 4.31 Å². The number of carbonyl (C=O) groups excluding carboxylic acids is 2. The number of anilines is 1. The van der Waals surface area contributed by atoms with Crippen molar-refractivity contribution in [3.05, 3.63) is 83.5 Å². The second kappa shape index (κ2) is 11.1. The van der Waals surface area contributed by atoms with E-state index >= 15 is 0 Å². The number of piperidine rings is 1. The highest BCUT2D eigenvalue weighted by molar-refractivity contribution is 7.92. The van der Waals surface area contributed by atoms with Gasteiger partial charge >= 0.3 is 5.91 Å². The van der Waals surface area contributed by atoms with Crippen LogP contribution >= 0.6 is 0 Å². The smallest absolute Gasteiger partial charge is 0.309 e. The molecule has 0 bridgehead atoms. The molecule has 11 heteroatoms. The number of oxazole rings is 1. The van der Waals surface area contributed by atoms with Crippen LogP contribution in [0.4, 0.5) is 10.1 Å². The predicted molar refractivity (Wildman–Crippen MR) is 159 cm³/mol. The van der Waals surface area contributed by atoms with Gasteiger partial charge in [0.25, 0.3) is 11.8 Å². The first-order chi connectivity index (χ1) is 20.2. The van der Waals surface area contributed by atoms with Crippen molar-refractivity contribution in [3.63, 3.8) is 0 Å². The van der Waals surface area contributed by atoms with Gasteiger partial charge in [-0.3, -0.25) is 9.59 Å². The van der Waals surface area contributed by atoms with Crippen LogP contribution < -0.4 is 9.62 Å². The van der Waals surface area contributed by atoms with Crippen LogP contribution in [0.5, 0.6) is 0 Å². The lowest BCUT2D eigenvalue weighted by molar-refractivity contribution is 0.0669. The zero-order chi connectivity index (χ0) is 29.5. The van der Waals surface area contributed by atoms with Crippen LogP contribution in [-0.4, -0.2) is 59.7 Å². The summed E-state index contributed by atoms with van der Waals surface area (Å²) in [7, 11) is 3.27. The van der Waals surface area contributed by atoms with E-state index in [9.17, 15) is 18.5 Å². The van der Waals surface area contributed by atoms with E-state index < -0.39 is 17.2 Å². The number of benzene rings is 3. The first kappa shape index (κ1) is 27.8. The highest BCUT2D eigenvalue weighted by Gasteiger charge is 2.33. The summed E-state index contributed by atoms with van der Waals surface area (Å²) in [5, 5.41) is 3.26. The number of rotatable bonds is 6. The summed E-state index contributed by atoms with van der Waals surface area (Å²) in [5.74, 6) is -0.819. The lowest BCUT2D eigenvalue weighted by atomic mass is 9.88. The number of likely N-dealkylation sites (tertiary alicyclic amines) is 1. The van der Waals surface area contributed by atoms with Gasteiger partial charge in [0.2, 0.25) is 0 Å². The second-order valence-electron chi connectivity index (χ2n) is 10.3. The average molecular weight is 589 g/mol. The lowest BCUT2D eigenvalue weighted by Crippen LogP contribution is -2.39. The fourth-order valence-corrected chi connectivity index (χ4v) is 5.99. The SMILES string of the molecule is CNC(=O)c1c(-c2ccc(F)cc2)oc2cc(N(C)[S+](C)[O-])c(C3CCCN(C(=O)c4nc5ccccc5o4)C3)cc12. The molecule has 3 aromatic carbocycles. The molecule has 42 heavy (non-hydrogen) atoms. The monoisotopic (exact) mass is 588 g/mol. The maximum atomic E-state index is 13.7. The van der Waals surface area contributed by atoms with Gasteiger partial charge in [0, 0.05) is 43.1 Å². The molecule has 0 spiro atoms. The summed E-state index contributed by atoms with van der Waals surface area (Å²) < 4.78 is 39.9. The Morgan fingerprint density at radius 3 is 2.60 bits per heavy atom. The van der Waals surface area contributed by atoms with Crippen molar-refractivity contribution >= 4 is 50.9 Å². The number of nitrogens with zero attached hydrogens (tertiary/aromatic N) is 3. The Morgan fingerprint density at radius 2 is 1.88 bits per heavy atom. The Labute approximate surface area is 244 Å². The number of amides is 2. The molecule has 216 valence electrons. The molecule has 6 rings (SSSR count). The number of fused-ring (bicyclic) bond motifs is 2. The Morgan fingerprint density at radius 1 is 1.12 bits per heavy atom. The topological polar surface area (TPSA) is 115 Å². The quantitative estimate of drug-likeness (QED) is 0.261. The Kier molecular flexibility index (Phi) is 7.38. The van der Waals surface area contributed by atoms with E-state index in [0.29, 0.717) is 57.7 Å². The molecule has 1 aliphatic heterocycles. The van der Waals surface area contributed by atoms with Crippen molar-refractivity contribution in [2.75, 3.05) is 37.7 Å². The lowest BCUT2D eigenvalue weighted by Gasteiger charge is -2.34. The normalized spacial score (nSPS) is 16.1. The first-order valence-corrected chi connectivity index (χ1v) is 15.1. The van der Waals surface area contributed by atoms with Crippen molar-refractivity contribution in [2.24, 2.45) is 0 Å². The van der Waals surface area contributed by atoms with Crippen molar-refractivity contribution in [3.8, 4) is 11.3 Å². The molecule has 0 saturated carbocycles. The van der Waals surface area contributed by atoms with Crippen LogP contribution in [0.3, 0.4) is 0 Å². The summed E-state index contributed by atoms with van der Waals surface area (Å²) in [5.41, 5.74) is 3.98. The van der Waals surface area contributed by atoms with Gasteiger partial charge in [-0.15, -0.1) is 0 Å². The molecule has 1 saturated heterocycles. The molecule has 9 nitrogen and oxygen atoms in total. The second-order valence-corrected chi connectivity index (χ2v) is 11.7. The standard InChI is InChI=1S/C31H29FN4O5S/c1-33-29(37)27-22-15-21(19-7-6-14-36(17-19)31(38)30-34-23-8-4-5-9-25(23)41-30)24(35(2)42(3)39)16-26(22)40-28(27)18-10-12-20(32)13-11-18/h4-5,8-13,15-16,19H,6-7,14,17H2,1-3H3,(H,33,37).